The Kier molecular flexibility index (Phi) is 6.25. The molecule has 9 atom stereocenters. The summed E-state index contributed by atoms with van der Waals surface area (Å²) in [6.07, 6.45) is 10.5. The minimum absolute atomic E-state index is 0.0313. The van der Waals surface area contributed by atoms with Gasteiger partial charge < -0.3 is 15.3 Å². The van der Waals surface area contributed by atoms with Gasteiger partial charge in [-0.1, -0.05) is 39.8 Å². The number of hydrogen-bond acceptors (Lipinski definition) is 3. The molecule has 4 saturated carbocycles. The molecule has 0 saturated heterocycles. The standard InChI is InChI=1S/C29H50O3/c1-18(8-13-25(31)27(4,5)32)19-14-16-28(6)20(19)9-10-22-21(28)11-12-23-26(2,3)24(30)15-17-29(22,23)7/h19-25,30-32H,1,8-17H2,2-7H3/t19-,20-,21-,22+,23-,24+,25+,28+,29-/m1/s1. The minimum Gasteiger partial charge on any atom is -0.393 e. The molecule has 0 aliphatic heterocycles. The summed E-state index contributed by atoms with van der Waals surface area (Å²) in [6.45, 7) is 17.7. The van der Waals surface area contributed by atoms with E-state index in [1.54, 1.807) is 13.8 Å². The van der Waals surface area contributed by atoms with E-state index in [1.807, 2.05) is 0 Å². The second kappa shape index (κ2) is 8.09. The van der Waals surface area contributed by atoms with Gasteiger partial charge in [0.25, 0.3) is 0 Å². The van der Waals surface area contributed by atoms with Crippen LogP contribution in [0.5, 0.6) is 0 Å². The molecule has 184 valence electrons. The van der Waals surface area contributed by atoms with Gasteiger partial charge in [-0.05, 0) is 124 Å². The summed E-state index contributed by atoms with van der Waals surface area (Å²) in [5.74, 6) is 3.52. The summed E-state index contributed by atoms with van der Waals surface area (Å²) < 4.78 is 0. The fourth-order valence-corrected chi connectivity index (χ4v) is 9.56. The Bertz CT molecular complexity index is 720. The van der Waals surface area contributed by atoms with Gasteiger partial charge in [-0.15, -0.1) is 0 Å². The molecule has 0 heterocycles. The second-order valence-electron chi connectivity index (χ2n) is 13.9. The van der Waals surface area contributed by atoms with Crippen LogP contribution in [0.2, 0.25) is 0 Å². The van der Waals surface area contributed by atoms with Crippen molar-refractivity contribution >= 4 is 0 Å². The average molecular weight is 447 g/mol. The van der Waals surface area contributed by atoms with Crippen molar-refractivity contribution in [2.75, 3.05) is 0 Å². The molecule has 0 aromatic rings. The number of aliphatic hydroxyl groups is 3. The van der Waals surface area contributed by atoms with E-state index in [2.05, 4.69) is 34.3 Å². The molecule has 0 bridgehead atoms. The Morgan fingerprint density at radius 2 is 1.47 bits per heavy atom. The van der Waals surface area contributed by atoms with Gasteiger partial charge in [0.15, 0.2) is 0 Å². The quantitative estimate of drug-likeness (QED) is 0.446. The van der Waals surface area contributed by atoms with Gasteiger partial charge in [0.1, 0.15) is 0 Å². The van der Waals surface area contributed by atoms with Crippen LogP contribution in [0.3, 0.4) is 0 Å². The zero-order valence-corrected chi connectivity index (χ0v) is 21.7. The van der Waals surface area contributed by atoms with Crippen molar-refractivity contribution in [3.05, 3.63) is 12.2 Å². The van der Waals surface area contributed by atoms with Crippen LogP contribution in [-0.4, -0.2) is 33.1 Å². The molecular formula is C29H50O3. The van der Waals surface area contributed by atoms with Crippen LogP contribution in [0.25, 0.3) is 0 Å². The summed E-state index contributed by atoms with van der Waals surface area (Å²) in [5, 5.41) is 31.2. The third-order valence-electron chi connectivity index (χ3n) is 11.6. The molecule has 0 radical (unpaired) electrons. The highest BCUT2D eigenvalue weighted by Gasteiger charge is 2.63. The molecule has 0 aromatic heterocycles. The topological polar surface area (TPSA) is 60.7 Å². The van der Waals surface area contributed by atoms with Crippen molar-refractivity contribution in [1.82, 2.24) is 0 Å². The van der Waals surface area contributed by atoms with E-state index >= 15 is 0 Å². The SMILES string of the molecule is C=C(CC[C@H](O)C(C)(C)O)[C@H]1CC[C@@]2(C)[C@@H]1CC[C@H]1[C@H]2CC[C@@H]2C(C)(C)[C@@H](O)CC[C@@]21C. The van der Waals surface area contributed by atoms with E-state index in [0.717, 1.165) is 30.6 Å². The van der Waals surface area contributed by atoms with Gasteiger partial charge in [0.2, 0.25) is 0 Å². The predicted molar refractivity (Wildman–Crippen MR) is 131 cm³/mol. The van der Waals surface area contributed by atoms with E-state index < -0.39 is 11.7 Å². The summed E-state index contributed by atoms with van der Waals surface area (Å²) in [5.41, 5.74) is 1.06. The minimum atomic E-state index is -1.04. The zero-order chi connectivity index (χ0) is 23.7. The molecule has 0 unspecified atom stereocenters. The number of fused-ring (bicyclic) bond motifs is 5. The fourth-order valence-electron chi connectivity index (χ4n) is 9.56. The van der Waals surface area contributed by atoms with E-state index in [0.29, 0.717) is 29.1 Å². The zero-order valence-electron chi connectivity index (χ0n) is 21.7. The molecule has 3 N–H and O–H groups in total. The van der Waals surface area contributed by atoms with Gasteiger partial charge in [0, 0.05) is 0 Å². The molecule has 4 rings (SSSR count). The monoisotopic (exact) mass is 446 g/mol. The normalized spacial score (nSPS) is 46.7. The lowest BCUT2D eigenvalue weighted by Gasteiger charge is -2.65. The molecule has 4 aliphatic rings. The van der Waals surface area contributed by atoms with Crippen LogP contribution in [0.15, 0.2) is 12.2 Å². The van der Waals surface area contributed by atoms with Gasteiger partial charge in [-0.2, -0.15) is 0 Å². The number of hydrogen-bond donors (Lipinski definition) is 3. The maximum Gasteiger partial charge on any atom is 0.0849 e. The van der Waals surface area contributed by atoms with E-state index in [9.17, 15) is 15.3 Å². The Morgan fingerprint density at radius 1 is 0.906 bits per heavy atom. The Hall–Kier alpha value is -0.380. The number of allylic oxidation sites excluding steroid dienone is 1. The van der Waals surface area contributed by atoms with Crippen LogP contribution in [0, 0.1) is 45.8 Å². The van der Waals surface area contributed by atoms with Crippen molar-refractivity contribution < 1.29 is 15.3 Å². The van der Waals surface area contributed by atoms with Crippen LogP contribution >= 0.6 is 0 Å². The summed E-state index contributed by atoms with van der Waals surface area (Å²) in [4.78, 5) is 0. The largest absolute Gasteiger partial charge is 0.393 e. The lowest BCUT2D eigenvalue weighted by Crippen LogP contribution is -2.59. The van der Waals surface area contributed by atoms with Gasteiger partial charge in [-0.3, -0.25) is 0 Å². The number of aliphatic hydroxyl groups excluding tert-OH is 2. The average Bonchev–Trinajstić information content (AvgIpc) is 3.06. The maximum atomic E-state index is 10.8. The third kappa shape index (κ3) is 3.73. The molecule has 0 aromatic carbocycles. The second-order valence-corrected chi connectivity index (χ2v) is 13.9. The molecule has 3 nitrogen and oxygen atoms in total. The van der Waals surface area contributed by atoms with E-state index in [1.165, 1.54) is 50.5 Å². The third-order valence-corrected chi connectivity index (χ3v) is 11.6. The van der Waals surface area contributed by atoms with Crippen molar-refractivity contribution in [1.29, 1.82) is 0 Å². The molecule has 3 heteroatoms. The number of rotatable bonds is 5. The van der Waals surface area contributed by atoms with Crippen LogP contribution < -0.4 is 0 Å². The maximum absolute atomic E-state index is 10.8. The van der Waals surface area contributed by atoms with E-state index in [4.69, 9.17) is 0 Å². The van der Waals surface area contributed by atoms with Crippen molar-refractivity contribution in [3.8, 4) is 0 Å². The highest BCUT2D eigenvalue weighted by molar-refractivity contribution is 5.17. The molecule has 0 amide bonds. The first-order valence-corrected chi connectivity index (χ1v) is 13.5. The first kappa shape index (κ1) is 24.7. The highest BCUT2D eigenvalue weighted by atomic mass is 16.3. The Balaban J connectivity index is 1.49. The van der Waals surface area contributed by atoms with Gasteiger partial charge >= 0.3 is 0 Å². The molecule has 32 heavy (non-hydrogen) atoms. The molecule has 4 fully saturated rings. The lowest BCUT2D eigenvalue weighted by atomic mass is 9.40. The first-order valence-electron chi connectivity index (χ1n) is 13.5. The van der Waals surface area contributed by atoms with Crippen molar-refractivity contribution in [2.24, 2.45) is 45.8 Å². The predicted octanol–water partition coefficient (Wildman–Crippen LogP) is 6.11. The van der Waals surface area contributed by atoms with Crippen molar-refractivity contribution in [2.45, 2.75) is 124 Å². The highest BCUT2D eigenvalue weighted by Crippen LogP contribution is 2.70. The van der Waals surface area contributed by atoms with E-state index in [-0.39, 0.29) is 11.5 Å². The van der Waals surface area contributed by atoms with Crippen molar-refractivity contribution in [3.63, 3.8) is 0 Å². The smallest absolute Gasteiger partial charge is 0.0849 e. The Morgan fingerprint density at radius 3 is 2.12 bits per heavy atom. The molecule has 4 aliphatic carbocycles. The first-order chi connectivity index (χ1) is 14.7. The van der Waals surface area contributed by atoms with Crippen LogP contribution in [0.1, 0.15) is 106 Å². The molecular weight excluding hydrogens is 396 g/mol. The fraction of sp³-hybridized carbons (Fsp3) is 0.931. The summed E-state index contributed by atoms with van der Waals surface area (Å²) in [6, 6.07) is 0. The molecule has 0 spiro atoms. The summed E-state index contributed by atoms with van der Waals surface area (Å²) >= 11 is 0. The Labute approximate surface area is 197 Å². The van der Waals surface area contributed by atoms with Gasteiger partial charge in [-0.25, -0.2) is 0 Å². The summed E-state index contributed by atoms with van der Waals surface area (Å²) in [7, 11) is 0. The van der Waals surface area contributed by atoms with Gasteiger partial charge in [0.05, 0.1) is 17.8 Å². The van der Waals surface area contributed by atoms with Crippen LogP contribution in [0.4, 0.5) is 0 Å². The van der Waals surface area contributed by atoms with Crippen LogP contribution in [-0.2, 0) is 0 Å². The lowest BCUT2D eigenvalue weighted by molar-refractivity contribution is -0.183.